The van der Waals surface area contributed by atoms with Crippen LogP contribution in [-0.4, -0.2) is 19.0 Å². The Hall–Kier alpha value is -0.830. The smallest absolute Gasteiger partial charge is 0.224 e. The third-order valence-electron chi connectivity index (χ3n) is 2.51. The van der Waals surface area contributed by atoms with E-state index in [1.807, 2.05) is 14.0 Å². The van der Waals surface area contributed by atoms with E-state index in [2.05, 4.69) is 11.4 Å². The predicted octanol–water partition coefficient (Wildman–Crippen LogP) is 0.416. The molecule has 0 heterocycles. The van der Waals surface area contributed by atoms with E-state index in [4.69, 9.17) is 5.73 Å². The highest BCUT2D eigenvalue weighted by Crippen LogP contribution is 2.24. The quantitative estimate of drug-likeness (QED) is 0.600. The van der Waals surface area contributed by atoms with Crippen LogP contribution in [-0.2, 0) is 4.79 Å². The molecule has 0 aliphatic heterocycles. The highest BCUT2D eigenvalue weighted by Gasteiger charge is 2.21. The summed E-state index contributed by atoms with van der Waals surface area (Å²) in [6.07, 6.45) is 4.20. The minimum atomic E-state index is -0.224. The van der Waals surface area contributed by atoms with Crippen molar-refractivity contribution in [2.75, 3.05) is 7.05 Å². The summed E-state index contributed by atoms with van der Waals surface area (Å²) in [4.78, 5) is 10.8. The Labute approximate surface area is 73.0 Å². The number of likely N-dealkylation sites (N-methyl/N-ethyl adjacent to an activating group) is 1. The van der Waals surface area contributed by atoms with E-state index in [9.17, 15) is 4.79 Å². The monoisotopic (exact) mass is 168 g/mol. The lowest BCUT2D eigenvalue weighted by molar-refractivity contribution is -0.120. The maximum atomic E-state index is 10.8. The third-order valence-corrected chi connectivity index (χ3v) is 2.51. The van der Waals surface area contributed by atoms with E-state index < -0.39 is 0 Å². The Balaban J connectivity index is 2.59. The number of nitrogens with two attached hydrogens (primary N) is 1. The van der Waals surface area contributed by atoms with Crippen LogP contribution in [0.25, 0.3) is 0 Å². The molecule has 3 heteroatoms. The molecule has 0 aromatic carbocycles. The molecule has 1 aliphatic carbocycles. The fourth-order valence-electron chi connectivity index (χ4n) is 1.52. The number of hydrogen-bond donors (Lipinski definition) is 2. The van der Waals surface area contributed by atoms with E-state index in [0.717, 1.165) is 12.8 Å². The first-order chi connectivity index (χ1) is 5.65. The van der Waals surface area contributed by atoms with Crippen molar-refractivity contribution >= 4 is 5.91 Å². The Morgan fingerprint density at radius 1 is 1.83 bits per heavy atom. The van der Waals surface area contributed by atoms with Crippen LogP contribution < -0.4 is 11.1 Å². The minimum Gasteiger partial charge on any atom is -0.369 e. The first kappa shape index (κ1) is 9.26. The van der Waals surface area contributed by atoms with E-state index in [-0.39, 0.29) is 11.8 Å². The second-order valence-electron chi connectivity index (χ2n) is 3.30. The lowest BCUT2D eigenvalue weighted by Crippen LogP contribution is -2.22. The number of nitrogens with one attached hydrogen (secondary N) is 1. The topological polar surface area (TPSA) is 55.1 Å². The van der Waals surface area contributed by atoms with Crippen molar-refractivity contribution in [1.82, 2.24) is 5.32 Å². The largest absolute Gasteiger partial charge is 0.369 e. The van der Waals surface area contributed by atoms with E-state index in [1.165, 1.54) is 5.57 Å². The summed E-state index contributed by atoms with van der Waals surface area (Å²) < 4.78 is 0. The maximum Gasteiger partial charge on any atom is 0.224 e. The zero-order valence-electron chi connectivity index (χ0n) is 7.63. The fourth-order valence-corrected chi connectivity index (χ4v) is 1.52. The molecule has 0 saturated heterocycles. The first-order valence-corrected chi connectivity index (χ1v) is 4.32. The molecule has 12 heavy (non-hydrogen) atoms. The summed E-state index contributed by atoms with van der Waals surface area (Å²) in [6, 6.07) is 0.432. The van der Waals surface area contributed by atoms with Gasteiger partial charge in [0.1, 0.15) is 0 Å². The van der Waals surface area contributed by atoms with Gasteiger partial charge in [0.05, 0.1) is 5.92 Å². The molecule has 0 aromatic heterocycles. The van der Waals surface area contributed by atoms with Gasteiger partial charge in [-0.3, -0.25) is 4.79 Å². The number of carbonyl (C=O) groups is 1. The number of rotatable bonds is 3. The molecule has 0 saturated carbocycles. The van der Waals surface area contributed by atoms with Crippen molar-refractivity contribution in [3.8, 4) is 0 Å². The second-order valence-corrected chi connectivity index (χ2v) is 3.30. The van der Waals surface area contributed by atoms with E-state index >= 15 is 0 Å². The number of carbonyl (C=O) groups excluding carboxylic acids is 1. The molecule has 1 aliphatic rings. The lowest BCUT2D eigenvalue weighted by Gasteiger charge is -2.06. The summed E-state index contributed by atoms with van der Waals surface area (Å²) in [5.41, 5.74) is 6.38. The second kappa shape index (κ2) is 3.72. The van der Waals surface area contributed by atoms with Crippen LogP contribution in [0, 0.1) is 5.92 Å². The van der Waals surface area contributed by atoms with Gasteiger partial charge in [-0.2, -0.15) is 0 Å². The van der Waals surface area contributed by atoms with Crippen LogP contribution in [0.5, 0.6) is 0 Å². The van der Waals surface area contributed by atoms with Crippen molar-refractivity contribution in [2.24, 2.45) is 11.7 Å². The molecule has 0 aromatic rings. The fraction of sp³-hybridized carbons (Fsp3) is 0.667. The van der Waals surface area contributed by atoms with Crippen LogP contribution in [0.1, 0.15) is 19.8 Å². The molecular weight excluding hydrogens is 152 g/mol. The molecule has 3 N–H and O–H groups in total. The van der Waals surface area contributed by atoms with Gasteiger partial charge >= 0.3 is 0 Å². The lowest BCUT2D eigenvalue weighted by atomic mass is 10.0. The van der Waals surface area contributed by atoms with Crippen LogP contribution in [0.2, 0.25) is 0 Å². The van der Waals surface area contributed by atoms with Crippen LogP contribution >= 0.6 is 0 Å². The van der Waals surface area contributed by atoms with Crippen molar-refractivity contribution < 1.29 is 4.79 Å². The van der Waals surface area contributed by atoms with Gasteiger partial charge < -0.3 is 11.1 Å². The average molecular weight is 168 g/mol. The summed E-state index contributed by atoms with van der Waals surface area (Å²) in [5, 5.41) is 3.16. The standard InChI is InChI=1S/C9H16N2O/c1-6(9(10)12)7-3-4-8(5-7)11-2/h5-6,8,11H,3-4H2,1-2H3,(H2,10,12). The van der Waals surface area contributed by atoms with Crippen molar-refractivity contribution in [3.63, 3.8) is 0 Å². The molecule has 2 unspecified atom stereocenters. The van der Waals surface area contributed by atoms with E-state index in [0.29, 0.717) is 6.04 Å². The van der Waals surface area contributed by atoms with Crippen LogP contribution in [0.3, 0.4) is 0 Å². The third kappa shape index (κ3) is 1.85. The van der Waals surface area contributed by atoms with Gasteiger partial charge in [0.25, 0.3) is 0 Å². The molecule has 1 amide bonds. The van der Waals surface area contributed by atoms with Gasteiger partial charge in [-0.05, 0) is 26.8 Å². The highest BCUT2D eigenvalue weighted by atomic mass is 16.1. The maximum absolute atomic E-state index is 10.8. The molecule has 68 valence electrons. The normalized spacial score (nSPS) is 25.2. The highest BCUT2D eigenvalue weighted by molar-refractivity contribution is 5.79. The molecule has 0 fully saturated rings. The van der Waals surface area contributed by atoms with E-state index in [1.54, 1.807) is 0 Å². The molecule has 3 nitrogen and oxygen atoms in total. The molecule has 0 bridgehead atoms. The van der Waals surface area contributed by atoms with Crippen LogP contribution in [0.4, 0.5) is 0 Å². The van der Waals surface area contributed by atoms with Gasteiger partial charge in [0.2, 0.25) is 5.91 Å². The molecular formula is C9H16N2O. The van der Waals surface area contributed by atoms with Gasteiger partial charge in [-0.1, -0.05) is 11.6 Å². The Morgan fingerprint density at radius 3 is 2.92 bits per heavy atom. The molecule has 0 radical (unpaired) electrons. The number of primary amides is 1. The Kier molecular flexibility index (Phi) is 2.87. The van der Waals surface area contributed by atoms with Gasteiger partial charge in [-0.15, -0.1) is 0 Å². The molecule has 0 spiro atoms. The number of hydrogen-bond acceptors (Lipinski definition) is 2. The first-order valence-electron chi connectivity index (χ1n) is 4.32. The van der Waals surface area contributed by atoms with Gasteiger partial charge in [0, 0.05) is 6.04 Å². The molecule has 1 rings (SSSR count). The summed E-state index contributed by atoms with van der Waals surface area (Å²) in [6.45, 7) is 1.87. The predicted molar refractivity (Wildman–Crippen MR) is 48.5 cm³/mol. The summed E-state index contributed by atoms with van der Waals surface area (Å²) >= 11 is 0. The summed E-state index contributed by atoms with van der Waals surface area (Å²) in [7, 11) is 1.93. The van der Waals surface area contributed by atoms with Crippen molar-refractivity contribution in [3.05, 3.63) is 11.6 Å². The minimum absolute atomic E-state index is 0.0941. The average Bonchev–Trinajstić information content (AvgIpc) is 2.50. The SMILES string of the molecule is CNC1C=C(C(C)C(N)=O)CC1. The van der Waals surface area contributed by atoms with Gasteiger partial charge in [0.15, 0.2) is 0 Å². The van der Waals surface area contributed by atoms with Crippen molar-refractivity contribution in [2.45, 2.75) is 25.8 Å². The van der Waals surface area contributed by atoms with Crippen molar-refractivity contribution in [1.29, 1.82) is 0 Å². The Bertz CT molecular complexity index is 211. The molecule has 2 atom stereocenters. The van der Waals surface area contributed by atoms with Gasteiger partial charge in [-0.25, -0.2) is 0 Å². The Morgan fingerprint density at radius 2 is 2.50 bits per heavy atom. The zero-order valence-corrected chi connectivity index (χ0v) is 7.63. The number of amides is 1. The zero-order chi connectivity index (χ0) is 9.14. The summed E-state index contributed by atoms with van der Waals surface area (Å²) in [5.74, 6) is -0.318. The van der Waals surface area contributed by atoms with Crippen LogP contribution in [0.15, 0.2) is 11.6 Å².